The van der Waals surface area contributed by atoms with E-state index in [-0.39, 0.29) is 12.1 Å². The number of anilines is 1. The molecule has 1 atom stereocenters. The van der Waals surface area contributed by atoms with E-state index in [0.29, 0.717) is 23.0 Å². The number of amides is 2. The highest BCUT2D eigenvalue weighted by Crippen LogP contribution is 2.34. The standard InChI is InChI=1S/C16H19ClN4O2/c1-23-14-11(17)5-4-6-12(14)20-16(22)21-10-3-2-7-13(21)15-18-8-9-19-15/h4-6,8-9,13H,2-3,7,10H2,1H3,(H,18,19)(H,20,22). The Hall–Kier alpha value is -2.21. The van der Waals surface area contributed by atoms with E-state index in [1.807, 2.05) is 4.90 Å². The van der Waals surface area contributed by atoms with Crippen LogP contribution in [0.4, 0.5) is 10.5 Å². The second kappa shape index (κ2) is 6.91. The van der Waals surface area contributed by atoms with Gasteiger partial charge in [-0.1, -0.05) is 17.7 Å². The molecule has 23 heavy (non-hydrogen) atoms. The van der Waals surface area contributed by atoms with Crippen molar-refractivity contribution in [2.45, 2.75) is 25.3 Å². The number of likely N-dealkylation sites (tertiary alicyclic amines) is 1. The molecule has 1 aromatic carbocycles. The van der Waals surface area contributed by atoms with Crippen molar-refractivity contribution in [3.63, 3.8) is 0 Å². The van der Waals surface area contributed by atoms with Gasteiger partial charge in [0.05, 0.1) is 23.9 Å². The van der Waals surface area contributed by atoms with Crippen molar-refractivity contribution in [1.29, 1.82) is 0 Å². The van der Waals surface area contributed by atoms with E-state index < -0.39 is 0 Å². The molecular weight excluding hydrogens is 316 g/mol. The van der Waals surface area contributed by atoms with Gasteiger partial charge in [-0.15, -0.1) is 0 Å². The summed E-state index contributed by atoms with van der Waals surface area (Å²) in [5, 5.41) is 3.36. The van der Waals surface area contributed by atoms with Gasteiger partial charge in [0.1, 0.15) is 5.82 Å². The topological polar surface area (TPSA) is 70.2 Å². The van der Waals surface area contributed by atoms with Crippen LogP contribution in [0, 0.1) is 0 Å². The summed E-state index contributed by atoms with van der Waals surface area (Å²) in [6.07, 6.45) is 6.45. The molecule has 1 unspecified atom stereocenters. The third-order valence-corrected chi connectivity index (χ3v) is 4.31. The Morgan fingerprint density at radius 1 is 1.48 bits per heavy atom. The number of imidazole rings is 1. The van der Waals surface area contributed by atoms with Gasteiger partial charge in [-0.05, 0) is 31.4 Å². The molecule has 0 spiro atoms. The lowest BCUT2D eigenvalue weighted by atomic mass is 10.0. The SMILES string of the molecule is COc1c(Cl)cccc1NC(=O)N1CCCCC1c1ncc[nH]1. The van der Waals surface area contributed by atoms with Gasteiger partial charge in [0, 0.05) is 18.9 Å². The van der Waals surface area contributed by atoms with Crippen molar-refractivity contribution >= 4 is 23.3 Å². The highest BCUT2D eigenvalue weighted by molar-refractivity contribution is 6.32. The van der Waals surface area contributed by atoms with Crippen LogP contribution in [0.5, 0.6) is 5.75 Å². The predicted molar refractivity (Wildman–Crippen MR) is 88.9 cm³/mol. The molecule has 7 heteroatoms. The van der Waals surface area contributed by atoms with Crippen LogP contribution in [0.15, 0.2) is 30.6 Å². The number of urea groups is 1. The molecule has 0 aliphatic carbocycles. The number of aromatic nitrogens is 2. The fourth-order valence-corrected chi connectivity index (χ4v) is 3.17. The molecule has 6 nitrogen and oxygen atoms in total. The number of benzene rings is 1. The fourth-order valence-electron chi connectivity index (χ4n) is 2.92. The predicted octanol–water partition coefficient (Wildman–Crippen LogP) is 3.83. The molecule has 2 heterocycles. The fraction of sp³-hybridized carbons (Fsp3) is 0.375. The van der Waals surface area contributed by atoms with E-state index in [9.17, 15) is 4.79 Å². The third kappa shape index (κ3) is 3.27. The highest BCUT2D eigenvalue weighted by Gasteiger charge is 2.30. The molecule has 0 bridgehead atoms. The van der Waals surface area contributed by atoms with Crippen molar-refractivity contribution < 1.29 is 9.53 Å². The zero-order valence-electron chi connectivity index (χ0n) is 12.9. The maximum absolute atomic E-state index is 12.7. The van der Waals surface area contributed by atoms with E-state index in [1.165, 1.54) is 7.11 Å². The monoisotopic (exact) mass is 334 g/mol. The van der Waals surface area contributed by atoms with Gasteiger partial charge in [-0.25, -0.2) is 9.78 Å². The summed E-state index contributed by atoms with van der Waals surface area (Å²) < 4.78 is 5.28. The number of nitrogens with one attached hydrogen (secondary N) is 2. The van der Waals surface area contributed by atoms with Crippen LogP contribution >= 0.6 is 11.6 Å². The molecule has 1 saturated heterocycles. The van der Waals surface area contributed by atoms with Crippen LogP contribution in [0.1, 0.15) is 31.1 Å². The third-order valence-electron chi connectivity index (χ3n) is 4.01. The minimum Gasteiger partial charge on any atom is -0.493 e. The number of carbonyl (C=O) groups excluding carboxylic acids is 1. The Labute approximate surface area is 139 Å². The number of piperidine rings is 1. The van der Waals surface area contributed by atoms with Crippen molar-refractivity contribution in [2.24, 2.45) is 0 Å². The van der Waals surface area contributed by atoms with E-state index in [1.54, 1.807) is 30.6 Å². The van der Waals surface area contributed by atoms with E-state index in [2.05, 4.69) is 15.3 Å². The van der Waals surface area contributed by atoms with Crippen molar-refractivity contribution in [3.8, 4) is 5.75 Å². The summed E-state index contributed by atoms with van der Waals surface area (Å²) >= 11 is 6.10. The zero-order chi connectivity index (χ0) is 16.2. The number of para-hydroxylation sites is 1. The van der Waals surface area contributed by atoms with Crippen LogP contribution in [-0.2, 0) is 0 Å². The molecule has 122 valence electrons. The van der Waals surface area contributed by atoms with Crippen LogP contribution in [0.3, 0.4) is 0 Å². The number of nitrogens with zero attached hydrogens (tertiary/aromatic N) is 2. The summed E-state index contributed by atoms with van der Waals surface area (Å²) in [5.41, 5.74) is 0.564. The molecule has 0 radical (unpaired) electrons. The summed E-state index contributed by atoms with van der Waals surface area (Å²) in [6.45, 7) is 0.695. The van der Waals surface area contributed by atoms with Gasteiger partial charge in [0.15, 0.2) is 5.75 Å². The molecule has 0 saturated carbocycles. The molecule has 1 aliphatic heterocycles. The van der Waals surface area contributed by atoms with Gasteiger partial charge in [0.2, 0.25) is 0 Å². The molecule has 3 rings (SSSR count). The van der Waals surface area contributed by atoms with Crippen molar-refractivity contribution in [1.82, 2.24) is 14.9 Å². The number of rotatable bonds is 3. The molecule has 1 aromatic heterocycles. The minimum atomic E-state index is -0.174. The lowest BCUT2D eigenvalue weighted by Gasteiger charge is -2.34. The summed E-state index contributed by atoms with van der Waals surface area (Å²) in [5.74, 6) is 1.28. The average molecular weight is 335 g/mol. The largest absolute Gasteiger partial charge is 0.493 e. The number of hydrogen-bond acceptors (Lipinski definition) is 3. The van der Waals surface area contributed by atoms with Gasteiger partial charge >= 0.3 is 6.03 Å². The number of ether oxygens (including phenoxy) is 1. The lowest BCUT2D eigenvalue weighted by molar-refractivity contribution is 0.160. The maximum Gasteiger partial charge on any atom is 0.322 e. The summed E-state index contributed by atoms with van der Waals surface area (Å²) in [6, 6.07) is 5.06. The zero-order valence-corrected chi connectivity index (χ0v) is 13.6. The molecule has 2 amide bonds. The first-order valence-corrected chi connectivity index (χ1v) is 7.98. The normalized spacial score (nSPS) is 17.8. The Balaban J connectivity index is 1.80. The van der Waals surface area contributed by atoms with E-state index >= 15 is 0 Å². The maximum atomic E-state index is 12.7. The molecule has 2 N–H and O–H groups in total. The first-order chi connectivity index (χ1) is 11.2. The molecular formula is C16H19ClN4O2. The molecule has 1 aliphatic rings. The van der Waals surface area contributed by atoms with Crippen LogP contribution in [0.2, 0.25) is 5.02 Å². The van der Waals surface area contributed by atoms with Gasteiger partial charge < -0.3 is 19.9 Å². The van der Waals surface area contributed by atoms with Crippen LogP contribution < -0.4 is 10.1 Å². The smallest absolute Gasteiger partial charge is 0.322 e. The number of aromatic amines is 1. The Bertz CT molecular complexity index is 675. The van der Waals surface area contributed by atoms with Gasteiger partial charge in [0.25, 0.3) is 0 Å². The van der Waals surface area contributed by atoms with Crippen LogP contribution in [0.25, 0.3) is 0 Å². The van der Waals surface area contributed by atoms with Gasteiger partial charge in [-0.3, -0.25) is 0 Å². The second-order valence-corrected chi connectivity index (χ2v) is 5.84. The number of H-pyrrole nitrogens is 1. The van der Waals surface area contributed by atoms with Gasteiger partial charge in [-0.2, -0.15) is 0 Å². The number of halogens is 1. The molecule has 2 aromatic rings. The number of hydrogen-bond donors (Lipinski definition) is 2. The first-order valence-electron chi connectivity index (χ1n) is 7.60. The summed E-state index contributed by atoms with van der Waals surface area (Å²) in [4.78, 5) is 21.9. The number of methoxy groups -OCH3 is 1. The highest BCUT2D eigenvalue weighted by atomic mass is 35.5. The summed E-state index contributed by atoms with van der Waals surface area (Å²) in [7, 11) is 1.53. The molecule has 1 fully saturated rings. The van der Waals surface area contributed by atoms with Crippen molar-refractivity contribution in [3.05, 3.63) is 41.4 Å². The van der Waals surface area contributed by atoms with Crippen molar-refractivity contribution in [2.75, 3.05) is 19.0 Å². The first kappa shape index (κ1) is 15.7. The Morgan fingerprint density at radius 2 is 2.35 bits per heavy atom. The quantitative estimate of drug-likeness (QED) is 0.896. The van der Waals surface area contributed by atoms with Crippen LogP contribution in [-0.4, -0.2) is 34.6 Å². The average Bonchev–Trinajstić information content (AvgIpc) is 3.09. The second-order valence-electron chi connectivity index (χ2n) is 5.43. The van der Waals surface area contributed by atoms with E-state index in [4.69, 9.17) is 16.3 Å². The van der Waals surface area contributed by atoms with E-state index in [0.717, 1.165) is 25.1 Å². The Morgan fingerprint density at radius 3 is 3.09 bits per heavy atom. The number of carbonyl (C=O) groups is 1. The minimum absolute atomic E-state index is 0.0380. The lowest BCUT2D eigenvalue weighted by Crippen LogP contribution is -2.41. The Kier molecular flexibility index (Phi) is 4.71.